The largest absolute Gasteiger partial charge is 0.383 e. The summed E-state index contributed by atoms with van der Waals surface area (Å²) in [7, 11) is -2.07. The number of hydrogen-bond acceptors (Lipinski definition) is 5. The average Bonchev–Trinajstić information content (AvgIpc) is 2.96. The highest BCUT2D eigenvalue weighted by molar-refractivity contribution is 7.88. The second kappa shape index (κ2) is 8.36. The number of nitrogens with zero attached hydrogens (tertiary/aromatic N) is 3. The van der Waals surface area contributed by atoms with Gasteiger partial charge in [0.1, 0.15) is 11.9 Å². The van der Waals surface area contributed by atoms with Crippen molar-refractivity contribution in [3.63, 3.8) is 0 Å². The third-order valence-corrected chi connectivity index (χ3v) is 6.90. The Hall–Kier alpha value is -1.69. The molecule has 1 amide bonds. The fourth-order valence-corrected chi connectivity index (χ4v) is 5.54. The highest BCUT2D eigenvalue weighted by Crippen LogP contribution is 2.24. The van der Waals surface area contributed by atoms with E-state index in [4.69, 9.17) is 4.74 Å². The first-order valence-electron chi connectivity index (χ1n) is 8.75. The number of sulfonamides is 1. The molecule has 1 aromatic carbocycles. The van der Waals surface area contributed by atoms with E-state index in [1.807, 2.05) is 0 Å². The standard InChI is InChI=1S/C17H21F2N3O4S2/c1-26-8-7-21-15-12(19)9-11(18)10-14(15)27-17(21)20-16(23)13-5-3-4-6-22(13)28(2,24)25/h9-10,13H,3-8H2,1-2H3. The maximum Gasteiger partial charge on any atom is 0.266 e. The second-order valence-electron chi connectivity index (χ2n) is 6.60. The van der Waals surface area contributed by atoms with E-state index in [2.05, 4.69) is 4.99 Å². The number of halogens is 2. The lowest BCUT2D eigenvalue weighted by molar-refractivity contribution is -0.122. The highest BCUT2D eigenvalue weighted by Gasteiger charge is 2.34. The SMILES string of the molecule is COCCn1c(=NC(=O)C2CCCCN2S(C)(=O)=O)sc2cc(F)cc(F)c21. The number of ether oxygens (including phenoxy) is 1. The summed E-state index contributed by atoms with van der Waals surface area (Å²) in [5, 5.41) is 0. The van der Waals surface area contributed by atoms with Crippen molar-refractivity contribution in [1.29, 1.82) is 0 Å². The van der Waals surface area contributed by atoms with Crippen molar-refractivity contribution < 1.29 is 26.7 Å². The zero-order valence-corrected chi connectivity index (χ0v) is 17.2. The molecule has 0 bridgehead atoms. The zero-order chi connectivity index (χ0) is 20.5. The minimum Gasteiger partial charge on any atom is -0.383 e. The number of rotatable bonds is 5. The minimum absolute atomic E-state index is 0.138. The van der Waals surface area contributed by atoms with Gasteiger partial charge in [0.25, 0.3) is 5.91 Å². The minimum atomic E-state index is -3.55. The van der Waals surface area contributed by atoms with Crippen LogP contribution in [0.5, 0.6) is 0 Å². The van der Waals surface area contributed by atoms with Gasteiger partial charge in [0.05, 0.1) is 23.1 Å². The third-order valence-electron chi connectivity index (χ3n) is 4.58. The Labute approximate surface area is 165 Å². The summed E-state index contributed by atoms with van der Waals surface area (Å²) in [4.78, 5) is 17.1. The Morgan fingerprint density at radius 2 is 2.11 bits per heavy atom. The van der Waals surface area contributed by atoms with Gasteiger partial charge < -0.3 is 9.30 Å². The lowest BCUT2D eigenvalue weighted by Gasteiger charge is -2.31. The molecule has 1 aromatic heterocycles. The number of carbonyl (C=O) groups is 1. The summed E-state index contributed by atoms with van der Waals surface area (Å²) in [5.74, 6) is -2.09. The molecule has 1 aliphatic rings. The Kier molecular flexibility index (Phi) is 6.28. The molecule has 0 saturated carbocycles. The van der Waals surface area contributed by atoms with Crippen LogP contribution in [-0.4, -0.2) is 55.8 Å². The van der Waals surface area contributed by atoms with Crippen molar-refractivity contribution in [1.82, 2.24) is 8.87 Å². The van der Waals surface area contributed by atoms with Crippen molar-refractivity contribution in [2.45, 2.75) is 31.8 Å². The van der Waals surface area contributed by atoms with Crippen LogP contribution in [0.1, 0.15) is 19.3 Å². The molecule has 3 rings (SSSR count). The van der Waals surface area contributed by atoms with Gasteiger partial charge in [0, 0.05) is 26.3 Å². The molecule has 7 nitrogen and oxygen atoms in total. The van der Waals surface area contributed by atoms with Crippen LogP contribution in [-0.2, 0) is 26.1 Å². The van der Waals surface area contributed by atoms with Crippen molar-refractivity contribution in [2.75, 3.05) is 26.5 Å². The Morgan fingerprint density at radius 3 is 2.79 bits per heavy atom. The number of hydrogen-bond donors (Lipinski definition) is 0. The predicted octanol–water partition coefficient (Wildman–Crippen LogP) is 1.87. The number of piperidine rings is 1. The van der Waals surface area contributed by atoms with E-state index in [0.29, 0.717) is 24.0 Å². The number of methoxy groups -OCH3 is 1. The van der Waals surface area contributed by atoms with Crippen LogP contribution in [0.4, 0.5) is 8.78 Å². The predicted molar refractivity (Wildman–Crippen MR) is 101 cm³/mol. The van der Waals surface area contributed by atoms with Crippen LogP contribution < -0.4 is 4.80 Å². The van der Waals surface area contributed by atoms with E-state index in [-0.39, 0.29) is 30.0 Å². The molecule has 11 heteroatoms. The first-order valence-corrected chi connectivity index (χ1v) is 11.4. The molecule has 2 heterocycles. The number of carbonyl (C=O) groups excluding carboxylic acids is 1. The maximum atomic E-state index is 14.3. The molecule has 0 aliphatic carbocycles. The Morgan fingerprint density at radius 1 is 1.36 bits per heavy atom. The van der Waals surface area contributed by atoms with Gasteiger partial charge in [0.2, 0.25) is 10.0 Å². The van der Waals surface area contributed by atoms with E-state index in [0.717, 1.165) is 28.0 Å². The molecule has 0 radical (unpaired) electrons. The van der Waals surface area contributed by atoms with E-state index in [9.17, 15) is 22.0 Å². The van der Waals surface area contributed by atoms with Crippen LogP contribution in [0.15, 0.2) is 17.1 Å². The molecule has 154 valence electrons. The van der Waals surface area contributed by atoms with Gasteiger partial charge in [-0.05, 0) is 18.9 Å². The average molecular weight is 434 g/mol. The van der Waals surface area contributed by atoms with Gasteiger partial charge in [-0.2, -0.15) is 9.30 Å². The van der Waals surface area contributed by atoms with Crippen molar-refractivity contribution in [3.05, 3.63) is 28.6 Å². The van der Waals surface area contributed by atoms with Crippen molar-refractivity contribution in [2.24, 2.45) is 4.99 Å². The number of aromatic nitrogens is 1. The lowest BCUT2D eigenvalue weighted by Crippen LogP contribution is -2.47. The molecule has 1 saturated heterocycles. The summed E-state index contributed by atoms with van der Waals surface area (Å²) in [6, 6.07) is 1.07. The second-order valence-corrected chi connectivity index (χ2v) is 9.54. The first kappa shape index (κ1) is 21.0. The summed E-state index contributed by atoms with van der Waals surface area (Å²) in [5.41, 5.74) is 0.138. The fraction of sp³-hybridized carbons (Fsp3) is 0.529. The number of amides is 1. The molecule has 1 unspecified atom stereocenters. The summed E-state index contributed by atoms with van der Waals surface area (Å²) in [6.07, 6.45) is 2.84. The normalized spacial score (nSPS) is 19.4. The molecule has 1 fully saturated rings. The molecule has 1 atom stereocenters. The van der Waals surface area contributed by atoms with Crippen LogP contribution in [0.3, 0.4) is 0 Å². The lowest BCUT2D eigenvalue weighted by atomic mass is 10.0. The van der Waals surface area contributed by atoms with E-state index in [1.165, 1.54) is 17.7 Å². The number of thiazole rings is 1. The van der Waals surface area contributed by atoms with E-state index in [1.54, 1.807) is 0 Å². The van der Waals surface area contributed by atoms with Crippen LogP contribution in [0.25, 0.3) is 10.2 Å². The molecule has 1 aliphatic heterocycles. The number of fused-ring (bicyclic) bond motifs is 1. The highest BCUT2D eigenvalue weighted by atomic mass is 32.2. The molecule has 2 aromatic rings. The van der Waals surface area contributed by atoms with Crippen LogP contribution in [0.2, 0.25) is 0 Å². The monoisotopic (exact) mass is 433 g/mol. The van der Waals surface area contributed by atoms with Crippen LogP contribution in [0, 0.1) is 11.6 Å². The van der Waals surface area contributed by atoms with Crippen molar-refractivity contribution in [3.8, 4) is 0 Å². The van der Waals surface area contributed by atoms with Gasteiger partial charge in [-0.15, -0.1) is 0 Å². The van der Waals surface area contributed by atoms with Gasteiger partial charge in [-0.1, -0.05) is 17.8 Å². The molecular formula is C17H21F2N3O4S2. The van der Waals surface area contributed by atoms with E-state index >= 15 is 0 Å². The molecule has 0 N–H and O–H groups in total. The third kappa shape index (κ3) is 4.32. The molecule has 0 spiro atoms. The smallest absolute Gasteiger partial charge is 0.266 e. The van der Waals surface area contributed by atoms with Crippen molar-refractivity contribution >= 4 is 37.5 Å². The topological polar surface area (TPSA) is 81.0 Å². The van der Waals surface area contributed by atoms with Gasteiger partial charge in [-0.25, -0.2) is 17.2 Å². The number of benzene rings is 1. The zero-order valence-electron chi connectivity index (χ0n) is 15.5. The Balaban J connectivity index is 2.09. The summed E-state index contributed by atoms with van der Waals surface area (Å²) < 4.78 is 59.9. The van der Waals surface area contributed by atoms with Gasteiger partial charge in [-0.3, -0.25) is 4.79 Å². The summed E-state index contributed by atoms with van der Waals surface area (Å²) in [6.45, 7) is 0.717. The van der Waals surface area contributed by atoms with Gasteiger partial charge >= 0.3 is 0 Å². The Bertz CT molecular complexity index is 1060. The molecule has 28 heavy (non-hydrogen) atoms. The van der Waals surface area contributed by atoms with Gasteiger partial charge in [0.15, 0.2) is 10.6 Å². The fourth-order valence-electron chi connectivity index (χ4n) is 3.32. The summed E-state index contributed by atoms with van der Waals surface area (Å²) >= 11 is 0.976. The van der Waals surface area contributed by atoms with Crippen LogP contribution >= 0.6 is 11.3 Å². The van der Waals surface area contributed by atoms with E-state index < -0.39 is 33.6 Å². The quantitative estimate of drug-likeness (QED) is 0.721. The molecular weight excluding hydrogens is 412 g/mol. The maximum absolute atomic E-state index is 14.3. The first-order chi connectivity index (χ1) is 13.2.